The van der Waals surface area contributed by atoms with Gasteiger partial charge in [-0.3, -0.25) is 0 Å². The maximum atomic E-state index is 13.0. The highest BCUT2D eigenvalue weighted by atomic mass is 19.4. The highest BCUT2D eigenvalue weighted by molar-refractivity contribution is 5.90. The van der Waals surface area contributed by atoms with Gasteiger partial charge in [0.15, 0.2) is 0 Å². The third kappa shape index (κ3) is 9.70. The Hall–Kier alpha value is -4.64. The largest absolute Gasteiger partial charge is 0.416 e. The molecule has 4 N–H and O–H groups in total. The maximum absolute atomic E-state index is 13.0. The third-order valence-corrected chi connectivity index (χ3v) is 5.59. The fourth-order valence-electron chi connectivity index (χ4n) is 3.62. The first kappa shape index (κ1) is 33.9. The van der Waals surface area contributed by atoms with Crippen molar-refractivity contribution in [1.29, 1.82) is 0 Å². The molecule has 4 amide bonds. The number of carbonyl (C=O) groups excluding carboxylic acids is 2. The molecule has 0 fully saturated rings. The topological polar surface area (TPSA) is 82.3 Å². The summed E-state index contributed by atoms with van der Waals surface area (Å²) in [4.78, 5) is 24.3. The van der Waals surface area contributed by atoms with Crippen molar-refractivity contribution in [3.05, 3.63) is 94.0 Å². The Bertz CT molecular complexity index is 1340. The van der Waals surface area contributed by atoms with Crippen molar-refractivity contribution in [2.75, 3.05) is 10.6 Å². The number of hydrogen-bond donors (Lipinski definition) is 4. The fourth-order valence-corrected chi connectivity index (χ4v) is 3.62. The molecule has 0 aromatic heterocycles. The van der Waals surface area contributed by atoms with Gasteiger partial charge in [-0.25, -0.2) is 9.59 Å². The van der Waals surface area contributed by atoms with Crippen LogP contribution in [0.1, 0.15) is 33.4 Å². The fraction of sp³-hybridized carbons (Fsp3) is 0.231. The van der Waals surface area contributed by atoms with Crippen LogP contribution < -0.4 is 21.3 Å². The zero-order valence-electron chi connectivity index (χ0n) is 21.5. The maximum Gasteiger partial charge on any atom is 0.416 e. The van der Waals surface area contributed by atoms with E-state index in [-0.39, 0.29) is 25.2 Å². The Kier molecular flexibility index (Phi) is 9.64. The lowest BCUT2D eigenvalue weighted by Gasteiger charge is -2.15. The van der Waals surface area contributed by atoms with Crippen molar-refractivity contribution in [2.24, 2.45) is 0 Å². The molecule has 238 valence electrons. The van der Waals surface area contributed by atoms with E-state index in [1.807, 2.05) is 10.6 Å². The van der Waals surface area contributed by atoms with Crippen LogP contribution in [0.4, 0.5) is 73.6 Å². The van der Waals surface area contributed by atoms with E-state index in [4.69, 9.17) is 0 Å². The van der Waals surface area contributed by atoms with Crippen LogP contribution in [-0.4, -0.2) is 12.1 Å². The molecular weight excluding hydrogens is 628 g/mol. The van der Waals surface area contributed by atoms with Gasteiger partial charge in [0.25, 0.3) is 0 Å². The highest BCUT2D eigenvalue weighted by Crippen LogP contribution is 2.39. The van der Waals surface area contributed by atoms with Gasteiger partial charge >= 0.3 is 36.8 Å². The molecule has 0 aliphatic rings. The van der Waals surface area contributed by atoms with Crippen molar-refractivity contribution in [2.45, 2.75) is 37.8 Å². The van der Waals surface area contributed by atoms with Crippen LogP contribution in [0.3, 0.4) is 0 Å². The van der Waals surface area contributed by atoms with Crippen molar-refractivity contribution in [1.82, 2.24) is 10.6 Å². The number of carbonyl (C=O) groups is 2. The molecule has 0 heterocycles. The van der Waals surface area contributed by atoms with E-state index in [1.54, 1.807) is 0 Å². The second kappa shape index (κ2) is 12.5. The van der Waals surface area contributed by atoms with Crippen molar-refractivity contribution < 1.29 is 62.3 Å². The molecule has 44 heavy (non-hydrogen) atoms. The quantitative estimate of drug-likeness (QED) is 0.203. The van der Waals surface area contributed by atoms with Crippen molar-refractivity contribution in [3.8, 4) is 0 Å². The number of benzene rings is 3. The molecule has 0 saturated heterocycles. The average Bonchev–Trinajstić information content (AvgIpc) is 2.89. The van der Waals surface area contributed by atoms with Gasteiger partial charge in [0.1, 0.15) is 0 Å². The summed E-state index contributed by atoms with van der Waals surface area (Å²) in [6.45, 7) is -0.581. The van der Waals surface area contributed by atoms with Gasteiger partial charge in [-0.05, 0) is 47.5 Å². The molecule has 0 unspecified atom stereocenters. The SMILES string of the molecule is O=C(NCc1cccc(CNC(=O)Nc2cc(C(F)(F)F)cc(C(F)(F)F)c2)c1)Nc1cc(C(F)(F)F)cc(C(F)(F)F)c1. The molecule has 3 aromatic carbocycles. The molecule has 3 rings (SSSR count). The average molecular weight is 646 g/mol. The molecule has 0 saturated carbocycles. The summed E-state index contributed by atoms with van der Waals surface area (Å²) in [7, 11) is 0. The van der Waals surface area contributed by atoms with Crippen LogP contribution in [0.15, 0.2) is 60.7 Å². The van der Waals surface area contributed by atoms with E-state index in [2.05, 4.69) is 10.6 Å². The van der Waals surface area contributed by atoms with E-state index in [0.29, 0.717) is 35.4 Å². The number of urea groups is 2. The Morgan fingerprint density at radius 1 is 0.477 bits per heavy atom. The van der Waals surface area contributed by atoms with E-state index < -0.39 is 70.4 Å². The number of anilines is 2. The summed E-state index contributed by atoms with van der Waals surface area (Å²) < 4.78 is 156. The summed E-state index contributed by atoms with van der Waals surface area (Å²) in [5.41, 5.74) is -7.43. The Morgan fingerprint density at radius 2 is 0.773 bits per heavy atom. The van der Waals surface area contributed by atoms with Gasteiger partial charge in [-0.1, -0.05) is 24.3 Å². The monoisotopic (exact) mass is 646 g/mol. The predicted octanol–water partition coefficient (Wildman–Crippen LogP) is 8.41. The minimum absolute atomic E-state index is 0.109. The van der Waals surface area contributed by atoms with Gasteiger partial charge in [0.2, 0.25) is 0 Å². The zero-order chi connectivity index (χ0) is 33.1. The number of halogens is 12. The van der Waals surface area contributed by atoms with Crippen molar-refractivity contribution >= 4 is 23.4 Å². The first-order valence-corrected chi connectivity index (χ1v) is 11.9. The summed E-state index contributed by atoms with van der Waals surface area (Å²) in [6.07, 6.45) is -20.5. The Labute approximate surface area is 239 Å². The first-order valence-electron chi connectivity index (χ1n) is 11.9. The number of rotatable bonds is 6. The smallest absolute Gasteiger partial charge is 0.334 e. The van der Waals surface area contributed by atoms with Crippen LogP contribution in [-0.2, 0) is 37.8 Å². The Morgan fingerprint density at radius 3 is 1.05 bits per heavy atom. The minimum Gasteiger partial charge on any atom is -0.334 e. The van der Waals surface area contributed by atoms with Gasteiger partial charge < -0.3 is 21.3 Å². The summed E-state index contributed by atoms with van der Waals surface area (Å²) in [5.74, 6) is 0. The van der Waals surface area contributed by atoms with E-state index in [9.17, 15) is 62.3 Å². The number of alkyl halides is 12. The summed E-state index contributed by atoms with van der Waals surface area (Å²) in [6, 6.07) is 4.49. The van der Waals surface area contributed by atoms with Gasteiger partial charge in [-0.2, -0.15) is 52.7 Å². The molecule has 18 heteroatoms. The number of hydrogen-bond acceptors (Lipinski definition) is 2. The van der Waals surface area contributed by atoms with Crippen LogP contribution in [0, 0.1) is 0 Å². The third-order valence-electron chi connectivity index (χ3n) is 5.59. The summed E-state index contributed by atoms with van der Waals surface area (Å²) in [5, 5.41) is 8.23. The zero-order valence-corrected chi connectivity index (χ0v) is 21.5. The van der Waals surface area contributed by atoms with E-state index >= 15 is 0 Å². The summed E-state index contributed by atoms with van der Waals surface area (Å²) >= 11 is 0. The lowest BCUT2D eigenvalue weighted by Crippen LogP contribution is -2.29. The van der Waals surface area contributed by atoms with E-state index in [0.717, 1.165) is 0 Å². The number of amides is 4. The van der Waals surface area contributed by atoms with Crippen LogP contribution in [0.25, 0.3) is 0 Å². The molecule has 0 radical (unpaired) electrons. The second-order valence-electron chi connectivity index (χ2n) is 9.02. The van der Waals surface area contributed by atoms with Crippen LogP contribution in [0.2, 0.25) is 0 Å². The van der Waals surface area contributed by atoms with Crippen molar-refractivity contribution in [3.63, 3.8) is 0 Å². The minimum atomic E-state index is -5.13. The van der Waals surface area contributed by atoms with Gasteiger partial charge in [-0.15, -0.1) is 0 Å². The molecule has 0 aliphatic heterocycles. The highest BCUT2D eigenvalue weighted by Gasteiger charge is 2.38. The second-order valence-corrected chi connectivity index (χ2v) is 9.02. The molecule has 0 aliphatic carbocycles. The molecule has 0 spiro atoms. The molecular formula is C26H18F12N4O2. The van der Waals surface area contributed by atoms with Gasteiger partial charge in [0.05, 0.1) is 22.3 Å². The van der Waals surface area contributed by atoms with Gasteiger partial charge in [0, 0.05) is 24.5 Å². The molecule has 6 nitrogen and oxygen atoms in total. The standard InChI is InChI=1S/C26H18F12N4O2/c27-23(28,29)15-5-16(24(30,31)32)8-19(7-15)41-21(43)39-11-13-2-1-3-14(4-13)12-40-22(44)42-20-9-17(25(33,34)35)6-18(10-20)26(36,37)38/h1-10H,11-12H2,(H2,39,41,43)(H2,40,42,44). The predicted molar refractivity (Wildman–Crippen MR) is 131 cm³/mol. The molecule has 0 atom stereocenters. The van der Waals surface area contributed by atoms with Crippen LogP contribution >= 0.6 is 0 Å². The van der Waals surface area contributed by atoms with Crippen LogP contribution in [0.5, 0.6) is 0 Å². The lowest BCUT2D eigenvalue weighted by molar-refractivity contribution is -0.144. The normalized spacial score (nSPS) is 12.5. The molecule has 3 aromatic rings. The Balaban J connectivity index is 1.61. The molecule has 0 bridgehead atoms. The lowest BCUT2D eigenvalue weighted by atomic mass is 10.1. The van der Waals surface area contributed by atoms with E-state index in [1.165, 1.54) is 24.3 Å². The first-order chi connectivity index (χ1) is 20.1. The number of nitrogens with one attached hydrogen (secondary N) is 4.